The summed E-state index contributed by atoms with van der Waals surface area (Å²) < 4.78 is 12.7. The molecule has 0 spiro atoms. The maximum Gasteiger partial charge on any atom is 0.272 e. The van der Waals surface area contributed by atoms with Gasteiger partial charge in [-0.1, -0.05) is 0 Å². The molecule has 0 aliphatic heterocycles. The molecule has 2 rings (SSSR count). The van der Waals surface area contributed by atoms with Crippen LogP contribution in [0.3, 0.4) is 0 Å². The minimum Gasteiger partial charge on any atom is -0.340 e. The van der Waals surface area contributed by atoms with Gasteiger partial charge in [-0.2, -0.15) is 0 Å². The monoisotopic (exact) mass is 256 g/mol. The Morgan fingerprint density at radius 2 is 2.29 bits per heavy atom. The van der Waals surface area contributed by atoms with Crippen LogP contribution in [0.4, 0.5) is 4.39 Å². The van der Waals surface area contributed by atoms with Gasteiger partial charge in [-0.25, -0.2) is 9.37 Å². The van der Waals surface area contributed by atoms with Crippen LogP contribution in [0.1, 0.15) is 23.3 Å². The summed E-state index contributed by atoms with van der Waals surface area (Å²) in [5, 5.41) is 0.257. The first-order valence-electron chi connectivity index (χ1n) is 5.57. The third-order valence-electron chi connectivity index (χ3n) is 3.00. The lowest BCUT2D eigenvalue weighted by Crippen LogP contribution is -2.38. The molecule has 1 aliphatic carbocycles. The number of nitrogens with zero attached hydrogens (tertiary/aromatic N) is 2. The summed E-state index contributed by atoms with van der Waals surface area (Å²) >= 11 is 5.88. The molecule has 1 amide bonds. The van der Waals surface area contributed by atoms with Crippen molar-refractivity contribution in [1.82, 2.24) is 9.88 Å². The van der Waals surface area contributed by atoms with Crippen LogP contribution in [0, 0.1) is 11.7 Å². The zero-order valence-electron chi connectivity index (χ0n) is 9.57. The van der Waals surface area contributed by atoms with Crippen molar-refractivity contribution in [3.8, 4) is 0 Å². The van der Waals surface area contributed by atoms with E-state index >= 15 is 0 Å². The Morgan fingerprint density at radius 1 is 1.59 bits per heavy atom. The van der Waals surface area contributed by atoms with Crippen molar-refractivity contribution >= 4 is 17.5 Å². The highest BCUT2D eigenvalue weighted by atomic mass is 35.5. The summed E-state index contributed by atoms with van der Waals surface area (Å²) in [6.45, 7) is 0.682. The average molecular weight is 257 g/mol. The molecular formula is C12H14ClFN2O. The SMILES string of the molecule is CN(CC1CC(Cl)C1)C(=O)c1ccc(F)cn1. The predicted octanol–water partition coefficient (Wildman–Crippen LogP) is 2.31. The Labute approximate surface area is 105 Å². The topological polar surface area (TPSA) is 33.2 Å². The van der Waals surface area contributed by atoms with Crippen molar-refractivity contribution in [2.24, 2.45) is 5.92 Å². The number of carbonyl (C=O) groups is 1. The van der Waals surface area contributed by atoms with Crippen molar-refractivity contribution in [2.45, 2.75) is 18.2 Å². The van der Waals surface area contributed by atoms with Crippen LogP contribution in [0.25, 0.3) is 0 Å². The molecular weight excluding hydrogens is 243 g/mol. The minimum absolute atomic E-state index is 0.178. The first kappa shape index (κ1) is 12.3. The fourth-order valence-corrected chi connectivity index (χ4v) is 2.48. The Balaban J connectivity index is 1.92. The number of alkyl halides is 1. The molecule has 92 valence electrons. The van der Waals surface area contributed by atoms with Gasteiger partial charge in [0.05, 0.1) is 6.20 Å². The zero-order chi connectivity index (χ0) is 12.4. The van der Waals surface area contributed by atoms with Gasteiger partial charge in [-0.05, 0) is 30.9 Å². The summed E-state index contributed by atoms with van der Waals surface area (Å²) in [5.74, 6) is -0.136. The molecule has 5 heteroatoms. The zero-order valence-corrected chi connectivity index (χ0v) is 10.3. The third-order valence-corrected chi connectivity index (χ3v) is 3.36. The fourth-order valence-electron chi connectivity index (χ4n) is 1.97. The maximum atomic E-state index is 12.7. The highest BCUT2D eigenvalue weighted by molar-refractivity contribution is 6.21. The number of rotatable bonds is 3. The van der Waals surface area contributed by atoms with Crippen LogP contribution in [-0.2, 0) is 0 Å². The minimum atomic E-state index is -0.437. The van der Waals surface area contributed by atoms with Gasteiger partial charge >= 0.3 is 0 Å². The molecule has 0 atom stereocenters. The van der Waals surface area contributed by atoms with Crippen molar-refractivity contribution in [2.75, 3.05) is 13.6 Å². The number of hydrogen-bond acceptors (Lipinski definition) is 2. The molecule has 3 nitrogen and oxygen atoms in total. The first-order chi connectivity index (χ1) is 8.06. The summed E-state index contributed by atoms with van der Waals surface area (Å²) in [7, 11) is 1.73. The predicted molar refractivity (Wildman–Crippen MR) is 63.5 cm³/mol. The van der Waals surface area contributed by atoms with Crippen LogP contribution in [0.5, 0.6) is 0 Å². The molecule has 0 aromatic carbocycles. The molecule has 17 heavy (non-hydrogen) atoms. The summed E-state index contributed by atoms with van der Waals surface area (Å²) in [6.07, 6.45) is 2.96. The highest BCUT2D eigenvalue weighted by Crippen LogP contribution is 2.32. The first-order valence-corrected chi connectivity index (χ1v) is 6.01. The summed E-state index contributed by atoms with van der Waals surface area (Å²) in [5.41, 5.74) is 0.274. The van der Waals surface area contributed by atoms with E-state index < -0.39 is 5.82 Å². The normalized spacial score (nSPS) is 23.0. The van der Waals surface area contributed by atoms with E-state index in [0.29, 0.717) is 12.5 Å². The van der Waals surface area contributed by atoms with E-state index in [1.54, 1.807) is 11.9 Å². The number of halogens is 2. The fraction of sp³-hybridized carbons (Fsp3) is 0.500. The summed E-state index contributed by atoms with van der Waals surface area (Å²) in [6, 6.07) is 2.64. The molecule has 0 unspecified atom stereocenters. The second kappa shape index (κ2) is 5.00. The molecule has 1 saturated carbocycles. The van der Waals surface area contributed by atoms with Gasteiger partial charge in [-0.15, -0.1) is 11.6 Å². The lowest BCUT2D eigenvalue weighted by Gasteiger charge is -2.33. The van der Waals surface area contributed by atoms with Crippen LogP contribution >= 0.6 is 11.6 Å². The lowest BCUT2D eigenvalue weighted by molar-refractivity contribution is 0.0741. The molecule has 1 heterocycles. The van der Waals surface area contributed by atoms with Crippen LogP contribution in [0.15, 0.2) is 18.3 Å². The Hall–Kier alpha value is -1.16. The van der Waals surface area contributed by atoms with Gasteiger partial charge in [0.2, 0.25) is 0 Å². The van der Waals surface area contributed by atoms with Crippen molar-refractivity contribution < 1.29 is 9.18 Å². The van der Waals surface area contributed by atoms with Gasteiger partial charge in [-0.3, -0.25) is 4.79 Å². The van der Waals surface area contributed by atoms with Gasteiger partial charge in [0.25, 0.3) is 5.91 Å². The number of pyridine rings is 1. The average Bonchev–Trinajstić information content (AvgIpc) is 2.27. The lowest BCUT2D eigenvalue weighted by atomic mass is 9.84. The second-order valence-corrected chi connectivity index (χ2v) is 5.10. The largest absolute Gasteiger partial charge is 0.340 e. The van der Waals surface area contributed by atoms with E-state index in [2.05, 4.69) is 4.98 Å². The van der Waals surface area contributed by atoms with Crippen LogP contribution in [-0.4, -0.2) is 34.8 Å². The summed E-state index contributed by atoms with van der Waals surface area (Å²) in [4.78, 5) is 17.3. The third kappa shape index (κ3) is 2.94. The molecule has 0 radical (unpaired) electrons. The molecule has 1 aromatic heterocycles. The maximum absolute atomic E-state index is 12.7. The van der Waals surface area contributed by atoms with E-state index in [9.17, 15) is 9.18 Å². The van der Waals surface area contributed by atoms with Crippen molar-refractivity contribution in [3.63, 3.8) is 0 Å². The molecule has 0 bridgehead atoms. The van der Waals surface area contributed by atoms with Crippen molar-refractivity contribution in [1.29, 1.82) is 0 Å². The molecule has 0 saturated heterocycles. The van der Waals surface area contributed by atoms with Gasteiger partial charge in [0.15, 0.2) is 0 Å². The van der Waals surface area contributed by atoms with Gasteiger partial charge in [0.1, 0.15) is 11.5 Å². The van der Waals surface area contributed by atoms with Crippen molar-refractivity contribution in [3.05, 3.63) is 29.8 Å². The van der Waals surface area contributed by atoms with E-state index in [-0.39, 0.29) is 17.0 Å². The molecule has 1 aromatic rings. The second-order valence-electron chi connectivity index (χ2n) is 4.48. The standard InChI is InChI=1S/C12H14ClFN2O/c1-16(7-8-4-9(13)5-8)12(17)11-3-2-10(14)6-15-11/h2-3,6,8-9H,4-5,7H2,1H3. The highest BCUT2D eigenvalue weighted by Gasteiger charge is 2.29. The number of carbonyl (C=O) groups excluding carboxylic acids is 1. The van der Waals surface area contributed by atoms with Crippen LogP contribution < -0.4 is 0 Å². The Morgan fingerprint density at radius 3 is 2.82 bits per heavy atom. The Bertz CT molecular complexity index is 403. The number of aromatic nitrogens is 1. The number of hydrogen-bond donors (Lipinski definition) is 0. The smallest absolute Gasteiger partial charge is 0.272 e. The van der Waals surface area contributed by atoms with E-state index in [0.717, 1.165) is 19.0 Å². The van der Waals surface area contributed by atoms with E-state index in [1.807, 2.05) is 0 Å². The van der Waals surface area contributed by atoms with E-state index in [4.69, 9.17) is 11.6 Å². The van der Waals surface area contributed by atoms with Gasteiger partial charge < -0.3 is 4.90 Å². The van der Waals surface area contributed by atoms with Crippen LogP contribution in [0.2, 0.25) is 0 Å². The molecule has 1 aliphatic rings. The Kier molecular flexibility index (Phi) is 3.62. The molecule has 1 fully saturated rings. The molecule has 0 N–H and O–H groups in total. The van der Waals surface area contributed by atoms with Gasteiger partial charge in [0, 0.05) is 19.0 Å². The quantitative estimate of drug-likeness (QED) is 0.778. The van der Waals surface area contributed by atoms with E-state index in [1.165, 1.54) is 12.1 Å². The number of amides is 1.